The number of nitrogens with one attached hydrogen (secondary N) is 2. The summed E-state index contributed by atoms with van der Waals surface area (Å²) in [5.41, 5.74) is 1.45. The number of hydrogen-bond acceptors (Lipinski definition) is 5. The van der Waals surface area contributed by atoms with Crippen molar-refractivity contribution in [2.75, 3.05) is 36.7 Å². The van der Waals surface area contributed by atoms with Gasteiger partial charge in [0, 0.05) is 42.9 Å². The molecule has 4 rings (SSSR count). The number of amides is 3. The molecule has 2 aliphatic rings. The molecule has 29 heavy (non-hydrogen) atoms. The highest BCUT2D eigenvalue weighted by Gasteiger charge is 2.30. The number of hydrogen-bond donors (Lipinski definition) is 2. The molecule has 152 valence electrons. The van der Waals surface area contributed by atoms with E-state index in [2.05, 4.69) is 10.6 Å². The molecule has 1 fully saturated rings. The number of anilines is 2. The molecule has 2 aliphatic heterocycles. The van der Waals surface area contributed by atoms with E-state index in [0.29, 0.717) is 43.3 Å². The Hall–Kier alpha value is -3.42. The third kappa shape index (κ3) is 4.37. The summed E-state index contributed by atoms with van der Waals surface area (Å²) in [4.78, 5) is 26.3. The van der Waals surface area contributed by atoms with Crippen LogP contribution in [0.5, 0.6) is 17.2 Å². The number of ether oxygens (including phenoxy) is 3. The second-order valence-corrected chi connectivity index (χ2v) is 6.90. The fourth-order valence-corrected chi connectivity index (χ4v) is 3.44. The SMILES string of the molecule is CCOc1ccc(N2C[C@H](CNC(=O)Nc3ccc4c(c3)OCO4)CC2=O)cc1. The molecule has 0 unspecified atom stereocenters. The van der Waals surface area contributed by atoms with E-state index in [1.54, 1.807) is 23.1 Å². The molecule has 3 amide bonds. The van der Waals surface area contributed by atoms with Crippen LogP contribution >= 0.6 is 0 Å². The van der Waals surface area contributed by atoms with Crippen molar-refractivity contribution in [2.45, 2.75) is 13.3 Å². The van der Waals surface area contributed by atoms with Crippen LogP contribution in [-0.4, -0.2) is 38.4 Å². The van der Waals surface area contributed by atoms with Gasteiger partial charge in [-0.25, -0.2) is 4.79 Å². The van der Waals surface area contributed by atoms with Gasteiger partial charge < -0.3 is 29.7 Å². The fourth-order valence-electron chi connectivity index (χ4n) is 3.44. The van der Waals surface area contributed by atoms with Crippen molar-refractivity contribution >= 4 is 23.3 Å². The first-order valence-electron chi connectivity index (χ1n) is 9.60. The summed E-state index contributed by atoms with van der Waals surface area (Å²) in [5, 5.41) is 5.61. The predicted molar refractivity (Wildman–Crippen MR) is 108 cm³/mol. The van der Waals surface area contributed by atoms with Crippen LogP contribution in [0, 0.1) is 5.92 Å². The van der Waals surface area contributed by atoms with Crippen molar-refractivity contribution in [1.29, 1.82) is 0 Å². The van der Waals surface area contributed by atoms with Gasteiger partial charge in [0.1, 0.15) is 5.75 Å². The van der Waals surface area contributed by atoms with Gasteiger partial charge >= 0.3 is 6.03 Å². The first-order chi connectivity index (χ1) is 14.1. The maximum atomic E-state index is 12.4. The van der Waals surface area contributed by atoms with Gasteiger partial charge in [0.05, 0.1) is 6.61 Å². The van der Waals surface area contributed by atoms with Crippen LogP contribution in [0.15, 0.2) is 42.5 Å². The minimum absolute atomic E-state index is 0.0524. The van der Waals surface area contributed by atoms with Crippen molar-refractivity contribution in [3.05, 3.63) is 42.5 Å². The van der Waals surface area contributed by atoms with E-state index in [4.69, 9.17) is 14.2 Å². The first kappa shape index (κ1) is 18.9. The van der Waals surface area contributed by atoms with Gasteiger partial charge in [-0.05, 0) is 43.3 Å². The summed E-state index contributed by atoms with van der Waals surface area (Å²) in [6.07, 6.45) is 0.400. The minimum atomic E-state index is -0.323. The Morgan fingerprint density at radius 3 is 2.76 bits per heavy atom. The number of urea groups is 1. The molecule has 0 aliphatic carbocycles. The quantitative estimate of drug-likeness (QED) is 0.782. The van der Waals surface area contributed by atoms with E-state index in [1.807, 2.05) is 31.2 Å². The summed E-state index contributed by atoms with van der Waals surface area (Å²) >= 11 is 0. The Kier molecular flexibility index (Phi) is 5.41. The van der Waals surface area contributed by atoms with Crippen molar-refractivity contribution < 1.29 is 23.8 Å². The average molecular weight is 397 g/mol. The molecule has 2 aromatic rings. The largest absolute Gasteiger partial charge is 0.494 e. The van der Waals surface area contributed by atoms with E-state index < -0.39 is 0 Å². The Morgan fingerprint density at radius 1 is 1.17 bits per heavy atom. The Morgan fingerprint density at radius 2 is 1.97 bits per heavy atom. The van der Waals surface area contributed by atoms with Crippen molar-refractivity contribution in [3.63, 3.8) is 0 Å². The van der Waals surface area contributed by atoms with Gasteiger partial charge in [-0.3, -0.25) is 4.79 Å². The molecule has 0 radical (unpaired) electrons. The van der Waals surface area contributed by atoms with E-state index in [0.717, 1.165) is 11.4 Å². The lowest BCUT2D eigenvalue weighted by Gasteiger charge is -2.17. The van der Waals surface area contributed by atoms with E-state index in [-0.39, 0.29) is 24.6 Å². The highest BCUT2D eigenvalue weighted by Crippen LogP contribution is 2.34. The highest BCUT2D eigenvalue weighted by molar-refractivity contribution is 5.96. The summed E-state index contributed by atoms with van der Waals surface area (Å²) in [6, 6.07) is 12.4. The molecule has 8 heteroatoms. The second-order valence-electron chi connectivity index (χ2n) is 6.90. The second kappa shape index (κ2) is 8.30. The molecule has 0 saturated carbocycles. The molecule has 2 N–H and O–H groups in total. The van der Waals surface area contributed by atoms with Gasteiger partial charge in [0.15, 0.2) is 11.5 Å². The lowest BCUT2D eigenvalue weighted by molar-refractivity contribution is -0.117. The van der Waals surface area contributed by atoms with Gasteiger partial charge in [-0.2, -0.15) is 0 Å². The fraction of sp³-hybridized carbons (Fsp3) is 0.333. The maximum Gasteiger partial charge on any atom is 0.319 e. The average Bonchev–Trinajstić information content (AvgIpc) is 3.33. The predicted octanol–water partition coefficient (Wildman–Crippen LogP) is 2.99. The summed E-state index contributed by atoms with van der Waals surface area (Å²) in [6.45, 7) is 3.70. The Balaban J connectivity index is 1.28. The molecule has 2 aromatic carbocycles. The molecule has 8 nitrogen and oxygen atoms in total. The summed E-state index contributed by atoms with van der Waals surface area (Å²) < 4.78 is 16.0. The lowest BCUT2D eigenvalue weighted by Crippen LogP contribution is -2.34. The van der Waals surface area contributed by atoms with Crippen LogP contribution in [0.2, 0.25) is 0 Å². The topological polar surface area (TPSA) is 89.1 Å². The maximum absolute atomic E-state index is 12.4. The van der Waals surface area contributed by atoms with Crippen LogP contribution in [0.25, 0.3) is 0 Å². The van der Waals surface area contributed by atoms with E-state index in [1.165, 1.54) is 0 Å². The van der Waals surface area contributed by atoms with Gasteiger partial charge in [0.25, 0.3) is 0 Å². The third-order valence-corrected chi connectivity index (χ3v) is 4.85. The zero-order chi connectivity index (χ0) is 20.2. The molecule has 0 spiro atoms. The molecule has 0 aromatic heterocycles. The van der Waals surface area contributed by atoms with Crippen LogP contribution < -0.4 is 29.7 Å². The van der Waals surface area contributed by atoms with Crippen LogP contribution in [-0.2, 0) is 4.79 Å². The van der Waals surface area contributed by atoms with Gasteiger partial charge in [-0.15, -0.1) is 0 Å². The number of carbonyl (C=O) groups is 2. The minimum Gasteiger partial charge on any atom is -0.494 e. The number of nitrogens with zero attached hydrogens (tertiary/aromatic N) is 1. The van der Waals surface area contributed by atoms with Crippen LogP contribution in [0.1, 0.15) is 13.3 Å². The van der Waals surface area contributed by atoms with Gasteiger partial charge in [-0.1, -0.05) is 0 Å². The molecule has 0 bridgehead atoms. The molecule has 2 heterocycles. The van der Waals surface area contributed by atoms with Crippen molar-refractivity contribution in [3.8, 4) is 17.2 Å². The monoisotopic (exact) mass is 397 g/mol. The van der Waals surface area contributed by atoms with Crippen LogP contribution in [0.4, 0.5) is 16.2 Å². The van der Waals surface area contributed by atoms with E-state index in [9.17, 15) is 9.59 Å². The van der Waals surface area contributed by atoms with E-state index >= 15 is 0 Å². The number of carbonyl (C=O) groups excluding carboxylic acids is 2. The normalized spacial score (nSPS) is 17.3. The number of rotatable bonds is 6. The van der Waals surface area contributed by atoms with Crippen LogP contribution in [0.3, 0.4) is 0 Å². The molecular formula is C21H23N3O5. The first-order valence-corrected chi connectivity index (χ1v) is 9.60. The zero-order valence-electron chi connectivity index (χ0n) is 16.1. The van der Waals surface area contributed by atoms with Crippen molar-refractivity contribution in [2.24, 2.45) is 5.92 Å². The smallest absolute Gasteiger partial charge is 0.319 e. The number of fused-ring (bicyclic) bond motifs is 1. The standard InChI is InChI=1S/C21H23N3O5/c1-2-27-17-6-4-16(5-7-17)24-12-14(9-20(24)25)11-22-21(26)23-15-3-8-18-19(10-15)29-13-28-18/h3-8,10,14H,2,9,11-13H2,1H3,(H2,22,23,26)/t14-/m0/s1. The summed E-state index contributed by atoms with van der Waals surface area (Å²) in [5.74, 6) is 2.15. The Bertz CT molecular complexity index is 900. The third-order valence-electron chi connectivity index (χ3n) is 4.85. The summed E-state index contributed by atoms with van der Waals surface area (Å²) in [7, 11) is 0. The number of benzene rings is 2. The molecular weight excluding hydrogens is 374 g/mol. The highest BCUT2D eigenvalue weighted by atomic mass is 16.7. The van der Waals surface area contributed by atoms with Gasteiger partial charge in [0.2, 0.25) is 12.7 Å². The molecule has 1 saturated heterocycles. The van der Waals surface area contributed by atoms with Crippen molar-refractivity contribution in [1.82, 2.24) is 5.32 Å². The lowest BCUT2D eigenvalue weighted by atomic mass is 10.1. The Labute approximate surface area is 168 Å². The zero-order valence-corrected chi connectivity index (χ0v) is 16.1. The molecule has 1 atom stereocenters.